The van der Waals surface area contributed by atoms with Crippen molar-refractivity contribution >= 4 is 40.7 Å². The van der Waals surface area contributed by atoms with E-state index in [1.54, 1.807) is 7.05 Å². The summed E-state index contributed by atoms with van der Waals surface area (Å²) in [7, 11) is 1.80. The van der Waals surface area contributed by atoms with Gasteiger partial charge in [0, 0.05) is 20.1 Å². The van der Waals surface area contributed by atoms with E-state index in [4.69, 9.17) is 9.47 Å². The molecule has 1 aliphatic heterocycles. The van der Waals surface area contributed by atoms with Gasteiger partial charge in [-0.15, -0.1) is 24.0 Å². The maximum Gasteiger partial charge on any atom is 0.190 e. The molecule has 0 saturated heterocycles. The van der Waals surface area contributed by atoms with E-state index >= 15 is 0 Å². The molecule has 2 aromatic carbocycles. The van der Waals surface area contributed by atoms with Gasteiger partial charge in [-0.2, -0.15) is 0 Å². The van der Waals surface area contributed by atoms with Crippen molar-refractivity contribution in [1.29, 1.82) is 0 Å². The second-order valence-electron chi connectivity index (χ2n) is 6.57. The molecule has 28 heavy (non-hydrogen) atoms. The van der Waals surface area contributed by atoms with Crippen molar-refractivity contribution in [1.82, 2.24) is 10.6 Å². The van der Waals surface area contributed by atoms with Crippen LogP contribution in [0.2, 0.25) is 0 Å². The molecule has 0 bridgehead atoms. The molecule has 0 aromatic heterocycles. The summed E-state index contributed by atoms with van der Waals surface area (Å²) in [6.45, 7) is 3.98. The fourth-order valence-electron chi connectivity index (χ4n) is 3.08. The van der Waals surface area contributed by atoms with E-state index in [-0.39, 0.29) is 24.0 Å². The van der Waals surface area contributed by atoms with Crippen LogP contribution in [0.1, 0.15) is 19.3 Å². The van der Waals surface area contributed by atoms with Crippen molar-refractivity contribution in [3.05, 3.63) is 54.1 Å². The molecule has 0 radical (unpaired) electrons. The minimum atomic E-state index is 0. The topological polar surface area (TPSA) is 54.9 Å². The van der Waals surface area contributed by atoms with E-state index in [1.165, 1.54) is 16.3 Å². The molecular formula is C22H30IN3O2. The number of nitrogens with zero attached hydrogens (tertiary/aromatic N) is 1. The van der Waals surface area contributed by atoms with E-state index in [1.807, 2.05) is 12.1 Å². The summed E-state index contributed by atoms with van der Waals surface area (Å²) in [4.78, 5) is 4.27. The number of rotatable bonds is 8. The van der Waals surface area contributed by atoms with Crippen LogP contribution in [-0.2, 0) is 4.74 Å². The Morgan fingerprint density at radius 1 is 1.11 bits per heavy atom. The van der Waals surface area contributed by atoms with Crippen LogP contribution in [-0.4, -0.2) is 45.9 Å². The number of hydrogen-bond acceptors (Lipinski definition) is 3. The average molecular weight is 495 g/mol. The van der Waals surface area contributed by atoms with Crippen molar-refractivity contribution < 1.29 is 9.47 Å². The van der Waals surface area contributed by atoms with E-state index in [9.17, 15) is 0 Å². The number of ether oxygens (including phenoxy) is 2. The molecule has 0 spiro atoms. The molecule has 2 N–H and O–H groups in total. The first-order chi connectivity index (χ1) is 13.3. The third-order valence-electron chi connectivity index (χ3n) is 4.62. The number of nitrogens with one attached hydrogen (secondary N) is 2. The summed E-state index contributed by atoms with van der Waals surface area (Å²) >= 11 is 0. The minimum absolute atomic E-state index is 0. The maximum atomic E-state index is 5.87. The molecule has 0 saturated carbocycles. The number of fused-ring (bicyclic) bond motifs is 1. The third-order valence-corrected chi connectivity index (χ3v) is 4.62. The Morgan fingerprint density at radius 3 is 2.71 bits per heavy atom. The summed E-state index contributed by atoms with van der Waals surface area (Å²) < 4.78 is 11.2. The first kappa shape index (κ1) is 22.5. The van der Waals surface area contributed by atoms with Gasteiger partial charge in [-0.1, -0.05) is 42.0 Å². The van der Waals surface area contributed by atoms with Crippen LogP contribution >= 0.6 is 24.0 Å². The van der Waals surface area contributed by atoms with Gasteiger partial charge in [0.25, 0.3) is 0 Å². The lowest BCUT2D eigenvalue weighted by Gasteiger charge is -2.15. The summed E-state index contributed by atoms with van der Waals surface area (Å²) in [6.07, 6.45) is 5.18. The first-order valence-corrected chi connectivity index (χ1v) is 9.67. The number of guanidine groups is 1. The molecule has 0 fully saturated rings. The molecule has 1 heterocycles. The van der Waals surface area contributed by atoms with E-state index in [0.29, 0.717) is 6.61 Å². The highest BCUT2D eigenvalue weighted by molar-refractivity contribution is 14.0. The molecule has 0 unspecified atom stereocenters. The summed E-state index contributed by atoms with van der Waals surface area (Å²) in [5.74, 6) is 1.76. The van der Waals surface area contributed by atoms with Gasteiger partial charge in [0.2, 0.25) is 0 Å². The second-order valence-corrected chi connectivity index (χ2v) is 6.57. The van der Waals surface area contributed by atoms with Crippen molar-refractivity contribution in [2.75, 3.05) is 40.0 Å². The highest BCUT2D eigenvalue weighted by atomic mass is 127. The molecule has 0 atom stereocenters. The number of hydrogen-bond donors (Lipinski definition) is 2. The third kappa shape index (κ3) is 7.31. The molecule has 0 amide bonds. The van der Waals surface area contributed by atoms with Gasteiger partial charge in [-0.05, 0) is 42.2 Å². The highest BCUT2D eigenvalue weighted by Crippen LogP contribution is 2.20. The number of halogens is 1. The molecule has 2 aromatic rings. The maximum absolute atomic E-state index is 5.87. The van der Waals surface area contributed by atoms with Gasteiger partial charge in [0.1, 0.15) is 5.75 Å². The lowest BCUT2D eigenvalue weighted by atomic mass is 10.1. The number of benzene rings is 2. The average Bonchev–Trinajstić information content (AvgIpc) is 2.73. The van der Waals surface area contributed by atoms with Gasteiger partial charge in [0.15, 0.2) is 5.96 Å². The molecular weight excluding hydrogens is 465 g/mol. The molecule has 5 nitrogen and oxygen atoms in total. The molecule has 6 heteroatoms. The lowest BCUT2D eigenvalue weighted by Crippen LogP contribution is -2.38. The first-order valence-electron chi connectivity index (χ1n) is 9.67. The molecule has 1 aliphatic rings. The van der Waals surface area contributed by atoms with Crippen LogP contribution in [0.3, 0.4) is 0 Å². The fraction of sp³-hybridized carbons (Fsp3) is 0.409. The Morgan fingerprint density at radius 2 is 1.93 bits per heavy atom. The normalized spacial score (nSPS) is 14.2. The van der Waals surface area contributed by atoms with Crippen LogP contribution in [0.5, 0.6) is 5.75 Å². The minimum Gasteiger partial charge on any atom is -0.494 e. The van der Waals surface area contributed by atoms with Crippen molar-refractivity contribution in [3.8, 4) is 5.75 Å². The van der Waals surface area contributed by atoms with E-state index in [0.717, 1.165) is 57.3 Å². The van der Waals surface area contributed by atoms with Gasteiger partial charge < -0.3 is 20.1 Å². The van der Waals surface area contributed by atoms with Crippen LogP contribution in [0.15, 0.2) is 59.1 Å². The predicted octanol–water partition coefficient (Wildman–Crippen LogP) is 4.13. The molecule has 3 rings (SSSR count). The zero-order valence-electron chi connectivity index (χ0n) is 16.4. The van der Waals surface area contributed by atoms with Crippen LogP contribution in [0.25, 0.3) is 10.8 Å². The van der Waals surface area contributed by atoms with Crippen molar-refractivity contribution in [3.63, 3.8) is 0 Å². The largest absolute Gasteiger partial charge is 0.494 e. The van der Waals surface area contributed by atoms with E-state index in [2.05, 4.69) is 52.0 Å². The summed E-state index contributed by atoms with van der Waals surface area (Å²) in [5.41, 5.74) is 1.47. The van der Waals surface area contributed by atoms with Crippen LogP contribution < -0.4 is 15.4 Å². The summed E-state index contributed by atoms with van der Waals surface area (Å²) in [6, 6.07) is 14.5. The van der Waals surface area contributed by atoms with Gasteiger partial charge in [-0.25, -0.2) is 0 Å². The summed E-state index contributed by atoms with van der Waals surface area (Å²) in [5, 5.41) is 9.14. The monoisotopic (exact) mass is 495 g/mol. The second kappa shape index (κ2) is 12.6. The zero-order valence-corrected chi connectivity index (χ0v) is 18.8. The molecule has 0 aliphatic carbocycles. The van der Waals surface area contributed by atoms with Crippen molar-refractivity contribution in [2.24, 2.45) is 4.99 Å². The SMILES string of the molecule is CN=C(NCCCOc1ccc2ccccc2c1)NCCC1=CCOCC1.I. The predicted molar refractivity (Wildman–Crippen MR) is 127 cm³/mol. The zero-order chi connectivity index (χ0) is 18.7. The van der Waals surface area contributed by atoms with Gasteiger partial charge in [-0.3, -0.25) is 4.99 Å². The van der Waals surface area contributed by atoms with Gasteiger partial charge >= 0.3 is 0 Å². The Labute approximate surface area is 184 Å². The highest BCUT2D eigenvalue weighted by Gasteiger charge is 2.04. The Hall–Kier alpha value is -1.80. The Kier molecular flexibility index (Phi) is 10.1. The Bertz CT molecular complexity index is 792. The van der Waals surface area contributed by atoms with Crippen molar-refractivity contribution in [2.45, 2.75) is 19.3 Å². The van der Waals surface area contributed by atoms with Crippen LogP contribution in [0, 0.1) is 0 Å². The van der Waals surface area contributed by atoms with Crippen LogP contribution in [0.4, 0.5) is 0 Å². The Balaban J connectivity index is 0.00000280. The lowest BCUT2D eigenvalue weighted by molar-refractivity contribution is 0.153. The fourth-order valence-corrected chi connectivity index (χ4v) is 3.08. The molecule has 152 valence electrons. The quantitative estimate of drug-likeness (QED) is 0.190. The standard InChI is InChI=1S/C22H29N3O2.HI/c1-23-22(25-13-9-18-10-15-26-16-11-18)24-12-4-14-27-21-8-7-19-5-2-3-6-20(19)17-21;/h2-3,5-8,10,17H,4,9,11-16H2,1H3,(H2,23,24,25);1H. The van der Waals surface area contributed by atoms with E-state index < -0.39 is 0 Å². The number of aliphatic imine (C=N–C) groups is 1. The van der Waals surface area contributed by atoms with Gasteiger partial charge in [0.05, 0.1) is 19.8 Å². The smallest absolute Gasteiger partial charge is 0.190 e.